The summed E-state index contributed by atoms with van der Waals surface area (Å²) in [6.45, 7) is 0.826. The molecule has 1 aliphatic heterocycles. The molecule has 11 heteroatoms. The minimum absolute atomic E-state index is 0.0264. The molecule has 0 bridgehead atoms. The third-order valence-electron chi connectivity index (χ3n) is 10.3. The van der Waals surface area contributed by atoms with E-state index in [1.165, 1.54) is 12.1 Å². The molecule has 0 saturated carbocycles. The van der Waals surface area contributed by atoms with Gasteiger partial charge in [-0.2, -0.15) is 26.3 Å². The minimum atomic E-state index is -4.53. The molecule has 0 aromatic heterocycles. The van der Waals surface area contributed by atoms with E-state index in [0.29, 0.717) is 29.5 Å². The fourth-order valence-corrected chi connectivity index (χ4v) is 7.66. The van der Waals surface area contributed by atoms with Crippen LogP contribution in [0, 0.1) is 0 Å². The van der Waals surface area contributed by atoms with Crippen LogP contribution in [0.3, 0.4) is 0 Å². The molecule has 0 radical (unpaired) electrons. The molecule has 1 N–H and O–H groups in total. The van der Waals surface area contributed by atoms with Gasteiger partial charge in [-0.1, -0.05) is 85.3 Å². The third kappa shape index (κ3) is 7.54. The van der Waals surface area contributed by atoms with Gasteiger partial charge in [-0.15, -0.1) is 0 Å². The summed E-state index contributed by atoms with van der Waals surface area (Å²) in [5.74, 6) is -0.846. The quantitative estimate of drug-likeness (QED) is 0.133. The summed E-state index contributed by atoms with van der Waals surface area (Å²) in [5, 5.41) is 2.19. The summed E-state index contributed by atoms with van der Waals surface area (Å²) < 4.78 is 78.9. The maximum absolute atomic E-state index is 13.7. The zero-order chi connectivity index (χ0) is 36.4. The Balaban J connectivity index is 1.07. The normalized spacial score (nSPS) is 16.0. The Bertz CT molecular complexity index is 1820. The first-order valence-electron chi connectivity index (χ1n) is 17.1. The van der Waals surface area contributed by atoms with Crippen LogP contribution in [0.25, 0.3) is 22.3 Å². The number of nitrogens with zero attached hydrogens (tertiary/aromatic N) is 2. The molecule has 4 aromatic rings. The first-order valence-corrected chi connectivity index (χ1v) is 17.1. The summed E-state index contributed by atoms with van der Waals surface area (Å²) in [4.78, 5) is 31.5. The average molecular weight is 708 g/mol. The summed E-state index contributed by atoms with van der Waals surface area (Å²) in [5.41, 5.74) is 2.70. The van der Waals surface area contributed by atoms with Crippen molar-refractivity contribution in [3.05, 3.63) is 119 Å². The van der Waals surface area contributed by atoms with Crippen LogP contribution >= 0.6 is 0 Å². The fourth-order valence-electron chi connectivity index (χ4n) is 7.66. The standard InChI is InChI=1S/C40H39F6N3O2/c1-48(36(50)33-13-3-2-10-30(33)27-16-18-28(19-17-27)40(44,45)46)29-20-24-49(25-21-29)23-9-8-22-38(37(51)47-26-39(41,42)43)34-14-6-4-11-31(34)32-12-5-7-15-35(32)38/h2-7,10-19,29H,8-9,20-26H2,1H3,(H,47,51). The molecule has 0 spiro atoms. The number of unbranched alkanes of at least 4 members (excludes halogenated alkanes) is 1. The van der Waals surface area contributed by atoms with Gasteiger partial charge in [0.05, 0.1) is 5.56 Å². The van der Waals surface area contributed by atoms with Gasteiger partial charge in [0.15, 0.2) is 0 Å². The van der Waals surface area contributed by atoms with Crippen molar-refractivity contribution < 1.29 is 35.9 Å². The second-order valence-corrected chi connectivity index (χ2v) is 13.4. The number of benzene rings is 4. The van der Waals surface area contributed by atoms with Gasteiger partial charge in [0, 0.05) is 31.7 Å². The average Bonchev–Trinajstić information content (AvgIpc) is 3.42. The Morgan fingerprint density at radius 1 is 0.765 bits per heavy atom. The van der Waals surface area contributed by atoms with Gasteiger partial charge >= 0.3 is 12.4 Å². The Morgan fingerprint density at radius 3 is 1.88 bits per heavy atom. The number of carbonyl (C=O) groups is 2. The van der Waals surface area contributed by atoms with E-state index >= 15 is 0 Å². The Morgan fingerprint density at radius 2 is 1.31 bits per heavy atom. The van der Waals surface area contributed by atoms with Gasteiger partial charge in [0.25, 0.3) is 5.91 Å². The highest BCUT2D eigenvalue weighted by atomic mass is 19.4. The number of likely N-dealkylation sites (tertiary alicyclic amines) is 1. The van der Waals surface area contributed by atoms with Crippen LogP contribution in [0.5, 0.6) is 0 Å². The van der Waals surface area contributed by atoms with E-state index in [9.17, 15) is 35.9 Å². The van der Waals surface area contributed by atoms with E-state index in [1.807, 2.05) is 48.5 Å². The van der Waals surface area contributed by atoms with Crippen molar-refractivity contribution in [3.63, 3.8) is 0 Å². The number of halogens is 6. The number of carbonyl (C=O) groups excluding carboxylic acids is 2. The number of hydrogen-bond donors (Lipinski definition) is 1. The van der Waals surface area contributed by atoms with Crippen molar-refractivity contribution in [3.8, 4) is 22.3 Å². The molecule has 268 valence electrons. The molecule has 6 rings (SSSR count). The minimum Gasteiger partial charge on any atom is -0.346 e. The Hall–Kier alpha value is -4.64. The first kappa shape index (κ1) is 36.2. The number of hydrogen-bond acceptors (Lipinski definition) is 3. The molecule has 0 atom stereocenters. The fraction of sp³-hybridized carbons (Fsp3) is 0.350. The molecule has 1 fully saturated rings. The van der Waals surface area contributed by atoms with Crippen molar-refractivity contribution in [2.45, 2.75) is 55.9 Å². The Labute approximate surface area is 293 Å². The molecule has 5 nitrogen and oxygen atoms in total. The monoisotopic (exact) mass is 707 g/mol. The summed E-state index contributed by atoms with van der Waals surface area (Å²) in [6, 6.07) is 26.6. The third-order valence-corrected chi connectivity index (χ3v) is 10.3. The van der Waals surface area contributed by atoms with E-state index in [-0.39, 0.29) is 11.9 Å². The lowest BCUT2D eigenvalue weighted by molar-refractivity contribution is -0.141. The first-order chi connectivity index (χ1) is 24.3. The molecular weight excluding hydrogens is 668 g/mol. The van der Waals surface area contributed by atoms with Crippen LogP contribution < -0.4 is 5.32 Å². The lowest BCUT2D eigenvalue weighted by Crippen LogP contribution is -2.47. The van der Waals surface area contributed by atoms with Gasteiger partial charge in [-0.3, -0.25) is 9.59 Å². The van der Waals surface area contributed by atoms with E-state index in [4.69, 9.17) is 0 Å². The predicted molar refractivity (Wildman–Crippen MR) is 184 cm³/mol. The lowest BCUT2D eigenvalue weighted by Gasteiger charge is -2.37. The molecule has 0 unspecified atom stereocenters. The second kappa shape index (κ2) is 14.5. The SMILES string of the molecule is CN(C(=O)c1ccccc1-c1ccc(C(F)(F)F)cc1)C1CCN(CCCCC2(C(=O)NCC(F)(F)F)c3ccccc3-c3ccccc32)CC1. The van der Waals surface area contributed by atoms with Crippen molar-refractivity contribution in [2.24, 2.45) is 0 Å². The number of alkyl halides is 6. The predicted octanol–water partition coefficient (Wildman–Crippen LogP) is 8.72. The van der Waals surface area contributed by atoms with E-state index in [0.717, 1.165) is 73.3 Å². The van der Waals surface area contributed by atoms with E-state index in [2.05, 4.69) is 10.2 Å². The lowest BCUT2D eigenvalue weighted by atomic mass is 9.73. The van der Waals surface area contributed by atoms with Crippen molar-refractivity contribution >= 4 is 11.8 Å². The maximum atomic E-state index is 13.7. The molecule has 1 saturated heterocycles. The molecule has 1 heterocycles. The highest BCUT2D eigenvalue weighted by Gasteiger charge is 2.49. The van der Waals surface area contributed by atoms with Gasteiger partial charge in [-0.25, -0.2) is 0 Å². The highest BCUT2D eigenvalue weighted by Crippen LogP contribution is 2.51. The molecule has 2 amide bonds. The van der Waals surface area contributed by atoms with Crippen LogP contribution in [0.1, 0.15) is 59.2 Å². The van der Waals surface area contributed by atoms with Crippen LogP contribution in [0.2, 0.25) is 0 Å². The number of nitrogens with one attached hydrogen (secondary N) is 1. The maximum Gasteiger partial charge on any atom is 0.416 e. The van der Waals surface area contributed by atoms with Gasteiger partial charge in [-0.05, 0) is 83.8 Å². The van der Waals surface area contributed by atoms with Crippen molar-refractivity contribution in [1.29, 1.82) is 0 Å². The number of amides is 2. The van der Waals surface area contributed by atoms with Gasteiger partial charge in [0.1, 0.15) is 12.0 Å². The zero-order valence-electron chi connectivity index (χ0n) is 28.2. The summed E-state index contributed by atoms with van der Waals surface area (Å²) in [7, 11) is 1.76. The largest absolute Gasteiger partial charge is 0.416 e. The summed E-state index contributed by atoms with van der Waals surface area (Å²) >= 11 is 0. The molecular formula is C40H39F6N3O2. The second-order valence-electron chi connectivity index (χ2n) is 13.4. The molecule has 4 aromatic carbocycles. The van der Waals surface area contributed by atoms with Crippen molar-refractivity contribution in [2.75, 3.05) is 33.2 Å². The molecule has 2 aliphatic rings. The van der Waals surface area contributed by atoms with Crippen LogP contribution in [-0.2, 0) is 16.4 Å². The highest BCUT2D eigenvalue weighted by molar-refractivity contribution is 6.01. The van der Waals surface area contributed by atoms with Crippen LogP contribution in [0.4, 0.5) is 26.3 Å². The van der Waals surface area contributed by atoms with Crippen molar-refractivity contribution in [1.82, 2.24) is 15.1 Å². The topological polar surface area (TPSA) is 52.7 Å². The molecule has 1 aliphatic carbocycles. The van der Waals surface area contributed by atoms with E-state index in [1.54, 1.807) is 36.2 Å². The van der Waals surface area contributed by atoms with Gasteiger partial charge < -0.3 is 15.1 Å². The number of piperidine rings is 1. The number of rotatable bonds is 10. The smallest absolute Gasteiger partial charge is 0.346 e. The van der Waals surface area contributed by atoms with Gasteiger partial charge in [0.2, 0.25) is 5.91 Å². The van der Waals surface area contributed by atoms with Crippen LogP contribution in [0.15, 0.2) is 97.1 Å². The number of fused-ring (bicyclic) bond motifs is 3. The Kier molecular flexibility index (Phi) is 10.3. The summed E-state index contributed by atoms with van der Waals surface area (Å²) in [6.07, 6.45) is -5.81. The molecule has 51 heavy (non-hydrogen) atoms. The van der Waals surface area contributed by atoms with Crippen LogP contribution in [-0.4, -0.2) is 67.1 Å². The zero-order valence-corrected chi connectivity index (χ0v) is 28.2. The van der Waals surface area contributed by atoms with E-state index < -0.39 is 35.8 Å².